The summed E-state index contributed by atoms with van der Waals surface area (Å²) in [7, 11) is 0. The van der Waals surface area contributed by atoms with Gasteiger partial charge < -0.3 is 14.6 Å². The van der Waals surface area contributed by atoms with Crippen LogP contribution in [0.3, 0.4) is 0 Å². The van der Waals surface area contributed by atoms with Gasteiger partial charge in [0.15, 0.2) is 0 Å². The minimum atomic E-state index is -1.08. The molecule has 0 fully saturated rings. The van der Waals surface area contributed by atoms with Crippen LogP contribution in [0.25, 0.3) is 0 Å². The van der Waals surface area contributed by atoms with E-state index in [2.05, 4.69) is 0 Å². The van der Waals surface area contributed by atoms with Crippen LogP contribution in [0.2, 0.25) is 0 Å². The van der Waals surface area contributed by atoms with E-state index < -0.39 is 24.5 Å². The van der Waals surface area contributed by atoms with Crippen LogP contribution in [0.15, 0.2) is 42.5 Å². The van der Waals surface area contributed by atoms with E-state index in [-0.39, 0.29) is 19.0 Å². The van der Waals surface area contributed by atoms with Gasteiger partial charge in [0.2, 0.25) is 5.78 Å². The van der Waals surface area contributed by atoms with Crippen molar-refractivity contribution in [3.8, 4) is 0 Å². The van der Waals surface area contributed by atoms with Crippen LogP contribution in [-0.2, 0) is 19.1 Å². The first-order valence-corrected chi connectivity index (χ1v) is 8.46. The molecule has 0 saturated carbocycles. The molecule has 1 aromatic heterocycles. The highest BCUT2D eigenvalue weighted by Gasteiger charge is 2.21. The Labute approximate surface area is 149 Å². The molecule has 1 N–H and O–H groups in total. The number of rotatable bonds is 9. The van der Waals surface area contributed by atoms with E-state index in [1.807, 2.05) is 6.07 Å². The second kappa shape index (κ2) is 9.10. The van der Waals surface area contributed by atoms with Gasteiger partial charge in [0, 0.05) is 10.4 Å². The zero-order chi connectivity index (χ0) is 18.2. The fourth-order valence-electron chi connectivity index (χ4n) is 2.04. The number of aliphatic carboxylic acids is 1. The van der Waals surface area contributed by atoms with E-state index in [0.29, 0.717) is 10.4 Å². The first-order valence-electron chi connectivity index (χ1n) is 7.64. The number of hydrogen-bond acceptors (Lipinski definition) is 6. The van der Waals surface area contributed by atoms with Gasteiger partial charge in [0.05, 0.1) is 17.4 Å². The first-order chi connectivity index (χ1) is 12.0. The van der Waals surface area contributed by atoms with Crippen LogP contribution < -0.4 is 0 Å². The highest BCUT2D eigenvalue weighted by atomic mass is 32.1. The van der Waals surface area contributed by atoms with Crippen molar-refractivity contribution in [3.63, 3.8) is 0 Å². The molecule has 1 heterocycles. The number of benzene rings is 1. The van der Waals surface area contributed by atoms with Crippen molar-refractivity contribution in [2.45, 2.75) is 12.8 Å². The third kappa shape index (κ3) is 5.51. The van der Waals surface area contributed by atoms with Gasteiger partial charge in [-0.25, -0.2) is 4.79 Å². The Bertz CT molecular complexity index is 737. The zero-order valence-corrected chi connectivity index (χ0v) is 14.5. The summed E-state index contributed by atoms with van der Waals surface area (Å²) in [6.07, 6.45) is 0. The molecule has 25 heavy (non-hydrogen) atoms. The molecule has 1 aromatic carbocycles. The van der Waals surface area contributed by atoms with Crippen molar-refractivity contribution in [2.24, 2.45) is 0 Å². The SMILES string of the molecule is C[C@@H](C(=O)OCCOCC(=O)O)c1ccc(C(=O)c2ccccc2)s1. The van der Waals surface area contributed by atoms with Crippen molar-refractivity contribution in [3.05, 3.63) is 57.8 Å². The van der Waals surface area contributed by atoms with Crippen molar-refractivity contribution >= 4 is 29.1 Å². The number of esters is 1. The van der Waals surface area contributed by atoms with Gasteiger partial charge in [-0.1, -0.05) is 30.3 Å². The number of ether oxygens (including phenoxy) is 2. The number of carboxylic acids is 1. The summed E-state index contributed by atoms with van der Waals surface area (Å²) in [5.74, 6) is -2.12. The molecule has 132 valence electrons. The summed E-state index contributed by atoms with van der Waals surface area (Å²) < 4.78 is 9.86. The maximum atomic E-state index is 12.4. The molecule has 0 spiro atoms. The van der Waals surface area contributed by atoms with Gasteiger partial charge in [-0.3, -0.25) is 9.59 Å². The van der Waals surface area contributed by atoms with Crippen LogP contribution in [0.4, 0.5) is 0 Å². The Balaban J connectivity index is 1.89. The largest absolute Gasteiger partial charge is 0.480 e. The quantitative estimate of drug-likeness (QED) is 0.419. The van der Waals surface area contributed by atoms with Gasteiger partial charge in [-0.2, -0.15) is 0 Å². The lowest BCUT2D eigenvalue weighted by Gasteiger charge is -2.09. The fourth-order valence-corrected chi connectivity index (χ4v) is 3.05. The molecule has 0 aliphatic carbocycles. The van der Waals surface area contributed by atoms with Gasteiger partial charge in [-0.05, 0) is 19.1 Å². The van der Waals surface area contributed by atoms with Crippen molar-refractivity contribution in [2.75, 3.05) is 19.8 Å². The van der Waals surface area contributed by atoms with Crippen molar-refractivity contribution in [1.82, 2.24) is 0 Å². The number of carbonyl (C=O) groups excluding carboxylic acids is 2. The molecular weight excluding hydrogens is 344 g/mol. The van der Waals surface area contributed by atoms with E-state index in [9.17, 15) is 14.4 Å². The Morgan fingerprint density at radius 2 is 1.80 bits per heavy atom. The van der Waals surface area contributed by atoms with Crippen LogP contribution in [0, 0.1) is 0 Å². The van der Waals surface area contributed by atoms with E-state index in [4.69, 9.17) is 14.6 Å². The number of carbonyl (C=O) groups is 3. The lowest BCUT2D eigenvalue weighted by Crippen LogP contribution is -2.17. The normalized spacial score (nSPS) is 11.7. The lowest BCUT2D eigenvalue weighted by atomic mass is 10.1. The Morgan fingerprint density at radius 1 is 1.08 bits per heavy atom. The molecule has 6 nitrogen and oxygen atoms in total. The van der Waals surface area contributed by atoms with Gasteiger partial charge in [0.25, 0.3) is 0 Å². The molecule has 0 unspecified atom stereocenters. The smallest absolute Gasteiger partial charge is 0.329 e. The third-order valence-electron chi connectivity index (χ3n) is 3.36. The maximum absolute atomic E-state index is 12.4. The Kier molecular flexibility index (Phi) is 6.85. The number of hydrogen-bond donors (Lipinski definition) is 1. The average Bonchev–Trinajstić information content (AvgIpc) is 3.10. The Hall–Kier alpha value is -2.51. The van der Waals surface area contributed by atoms with Crippen LogP contribution in [0.5, 0.6) is 0 Å². The predicted octanol–water partition coefficient (Wildman–Crippen LogP) is 2.73. The summed E-state index contributed by atoms with van der Waals surface area (Å²) in [5.41, 5.74) is 0.599. The second-order valence-corrected chi connectivity index (χ2v) is 6.35. The molecule has 0 saturated heterocycles. The van der Waals surface area contributed by atoms with Gasteiger partial charge in [-0.15, -0.1) is 11.3 Å². The maximum Gasteiger partial charge on any atom is 0.329 e. The lowest BCUT2D eigenvalue weighted by molar-refractivity contribution is -0.148. The molecule has 0 bridgehead atoms. The molecule has 0 radical (unpaired) electrons. The van der Waals surface area contributed by atoms with Crippen LogP contribution in [0.1, 0.15) is 33.0 Å². The van der Waals surface area contributed by atoms with E-state index in [1.54, 1.807) is 43.3 Å². The zero-order valence-electron chi connectivity index (χ0n) is 13.6. The summed E-state index contributed by atoms with van der Waals surface area (Å²) in [4.78, 5) is 36.0. The fraction of sp³-hybridized carbons (Fsp3) is 0.278. The standard InChI is InChI=1S/C18H18O6S/c1-12(18(22)24-10-9-23-11-16(19)20)14-7-8-15(25-14)17(21)13-5-3-2-4-6-13/h2-8,12H,9-11H2,1H3,(H,19,20)/t12-/m1/s1. The average molecular weight is 362 g/mol. The molecule has 7 heteroatoms. The molecule has 2 aromatic rings. The molecule has 1 atom stereocenters. The third-order valence-corrected chi connectivity index (χ3v) is 4.63. The highest BCUT2D eigenvalue weighted by molar-refractivity contribution is 7.14. The predicted molar refractivity (Wildman–Crippen MR) is 92.0 cm³/mol. The van der Waals surface area contributed by atoms with Crippen molar-refractivity contribution in [1.29, 1.82) is 0 Å². The first kappa shape index (κ1) is 18.8. The van der Waals surface area contributed by atoms with E-state index in [0.717, 1.165) is 4.88 Å². The monoisotopic (exact) mass is 362 g/mol. The summed E-state index contributed by atoms with van der Waals surface area (Å²) in [5, 5.41) is 8.43. The summed E-state index contributed by atoms with van der Waals surface area (Å²) >= 11 is 1.26. The highest BCUT2D eigenvalue weighted by Crippen LogP contribution is 2.27. The Morgan fingerprint density at radius 3 is 2.48 bits per heavy atom. The van der Waals surface area contributed by atoms with Gasteiger partial charge in [0.1, 0.15) is 13.2 Å². The molecule has 2 rings (SSSR count). The molecule has 0 amide bonds. The van der Waals surface area contributed by atoms with Gasteiger partial charge >= 0.3 is 11.9 Å². The minimum absolute atomic E-state index is 0.0162. The molecule has 0 aliphatic heterocycles. The summed E-state index contributed by atoms with van der Waals surface area (Å²) in [6, 6.07) is 12.4. The minimum Gasteiger partial charge on any atom is -0.480 e. The summed E-state index contributed by atoms with van der Waals surface area (Å²) in [6.45, 7) is 1.27. The number of carboxylic acid groups (broad SMARTS) is 1. The van der Waals surface area contributed by atoms with Crippen LogP contribution in [-0.4, -0.2) is 42.6 Å². The van der Waals surface area contributed by atoms with E-state index >= 15 is 0 Å². The van der Waals surface area contributed by atoms with Crippen molar-refractivity contribution < 1.29 is 29.0 Å². The number of thiophene rings is 1. The topological polar surface area (TPSA) is 89.9 Å². The molecule has 0 aliphatic rings. The van der Waals surface area contributed by atoms with Crippen LogP contribution >= 0.6 is 11.3 Å². The molecular formula is C18H18O6S. The number of ketones is 1. The van der Waals surface area contributed by atoms with E-state index in [1.165, 1.54) is 11.3 Å². The second-order valence-electron chi connectivity index (χ2n) is 5.23.